The summed E-state index contributed by atoms with van der Waals surface area (Å²) in [5.41, 5.74) is -0.722. The molecule has 1 aromatic rings. The molecule has 1 saturated heterocycles. The molecule has 1 fully saturated rings. The number of benzene rings is 1. The van der Waals surface area contributed by atoms with Crippen LogP contribution in [0.15, 0.2) is 24.3 Å². The van der Waals surface area contributed by atoms with Gasteiger partial charge in [0, 0.05) is 17.1 Å². The Morgan fingerprint density at radius 3 is 2.53 bits per heavy atom. The lowest BCUT2D eigenvalue weighted by Crippen LogP contribution is -2.26. The molecule has 5 heteroatoms. The minimum absolute atomic E-state index is 0.523. The van der Waals surface area contributed by atoms with Crippen molar-refractivity contribution in [1.29, 1.82) is 0 Å². The van der Waals surface area contributed by atoms with Gasteiger partial charge in [0.1, 0.15) is 0 Å². The average molecular weight is 228 g/mol. The molecule has 1 aliphatic heterocycles. The second-order valence-electron chi connectivity index (χ2n) is 3.24. The van der Waals surface area contributed by atoms with Crippen LogP contribution in [0.3, 0.4) is 0 Å². The topological polar surface area (TPSA) is 52.8 Å². The summed E-state index contributed by atoms with van der Waals surface area (Å²) in [5.74, 6) is -1.01. The van der Waals surface area contributed by atoms with E-state index in [-0.39, 0.29) is 0 Å². The maximum absolute atomic E-state index is 11.1. The molecule has 1 N–H and O–H groups in total. The van der Waals surface area contributed by atoms with Crippen LogP contribution in [0.25, 0.3) is 0 Å². The Morgan fingerprint density at radius 1 is 1.53 bits per heavy atom. The SMILES string of the molecule is CCN1OC1(C(=O)O)c1ccc(Cl)cc1. The highest BCUT2D eigenvalue weighted by Crippen LogP contribution is 2.44. The van der Waals surface area contributed by atoms with Crippen LogP contribution in [0.4, 0.5) is 0 Å². The lowest BCUT2D eigenvalue weighted by Gasteiger charge is -2.06. The predicted molar refractivity (Wildman–Crippen MR) is 54.2 cm³/mol. The van der Waals surface area contributed by atoms with E-state index in [9.17, 15) is 4.79 Å². The monoisotopic (exact) mass is 227 g/mol. The number of rotatable bonds is 3. The summed E-state index contributed by atoms with van der Waals surface area (Å²) in [5, 5.41) is 11.1. The highest BCUT2D eigenvalue weighted by atomic mass is 35.5. The molecule has 0 amide bonds. The Kier molecular flexibility index (Phi) is 2.42. The van der Waals surface area contributed by atoms with Crippen LogP contribution in [0.2, 0.25) is 5.02 Å². The van der Waals surface area contributed by atoms with Crippen LogP contribution in [-0.4, -0.2) is 22.7 Å². The molecule has 15 heavy (non-hydrogen) atoms. The number of hydrogen-bond donors (Lipinski definition) is 1. The zero-order chi connectivity index (χ0) is 11.1. The summed E-state index contributed by atoms with van der Waals surface area (Å²) in [6.45, 7) is 2.36. The van der Waals surface area contributed by atoms with E-state index in [1.165, 1.54) is 5.06 Å². The number of halogens is 1. The Bertz CT molecular complexity index is 392. The average Bonchev–Trinajstić information content (AvgIpc) is 2.94. The Morgan fingerprint density at radius 2 is 2.13 bits per heavy atom. The molecule has 0 bridgehead atoms. The maximum Gasteiger partial charge on any atom is 0.360 e. The number of carbonyl (C=O) groups is 1. The third kappa shape index (κ3) is 1.51. The molecule has 2 unspecified atom stereocenters. The molecular formula is C10H10ClNO3. The molecule has 0 aromatic heterocycles. The van der Waals surface area contributed by atoms with Gasteiger partial charge < -0.3 is 5.11 Å². The second-order valence-corrected chi connectivity index (χ2v) is 3.68. The molecule has 2 rings (SSSR count). The van der Waals surface area contributed by atoms with E-state index in [4.69, 9.17) is 21.5 Å². The highest BCUT2D eigenvalue weighted by molar-refractivity contribution is 6.30. The van der Waals surface area contributed by atoms with Gasteiger partial charge >= 0.3 is 5.97 Å². The lowest BCUT2D eigenvalue weighted by atomic mass is 10.1. The third-order valence-corrected chi connectivity index (χ3v) is 2.63. The van der Waals surface area contributed by atoms with E-state index in [0.717, 1.165) is 0 Å². The van der Waals surface area contributed by atoms with E-state index < -0.39 is 11.7 Å². The van der Waals surface area contributed by atoms with Gasteiger partial charge in [0.25, 0.3) is 5.72 Å². The fraction of sp³-hybridized carbons (Fsp3) is 0.300. The molecular weight excluding hydrogens is 218 g/mol. The van der Waals surface area contributed by atoms with Gasteiger partial charge in [-0.1, -0.05) is 23.7 Å². The summed E-state index contributed by atoms with van der Waals surface area (Å²) in [4.78, 5) is 16.3. The summed E-state index contributed by atoms with van der Waals surface area (Å²) < 4.78 is 0. The van der Waals surface area contributed by atoms with Crippen molar-refractivity contribution >= 4 is 17.6 Å². The molecule has 0 saturated carbocycles. The number of nitrogens with zero attached hydrogens (tertiary/aromatic N) is 1. The van der Waals surface area contributed by atoms with Gasteiger partial charge in [-0.15, -0.1) is 5.06 Å². The van der Waals surface area contributed by atoms with Crippen molar-refractivity contribution in [3.05, 3.63) is 34.9 Å². The Labute approximate surface area is 92.0 Å². The van der Waals surface area contributed by atoms with E-state index in [1.807, 2.05) is 6.92 Å². The van der Waals surface area contributed by atoms with E-state index >= 15 is 0 Å². The standard InChI is InChI=1S/C10H10ClNO3/c1-2-12-10(15-12,9(13)14)7-3-5-8(11)6-4-7/h3-6H,2H2,1H3,(H,13,14). The molecule has 1 aliphatic rings. The number of carboxylic acid groups (broad SMARTS) is 1. The molecule has 1 heterocycles. The second kappa shape index (κ2) is 3.48. The van der Waals surface area contributed by atoms with Gasteiger partial charge in [-0.25, -0.2) is 4.79 Å². The van der Waals surface area contributed by atoms with Crippen molar-refractivity contribution in [1.82, 2.24) is 5.06 Å². The molecule has 0 aliphatic carbocycles. The number of hydroxylamine groups is 2. The van der Waals surface area contributed by atoms with Crippen LogP contribution >= 0.6 is 11.6 Å². The lowest BCUT2D eigenvalue weighted by molar-refractivity contribution is -0.143. The van der Waals surface area contributed by atoms with Crippen LogP contribution in [0.1, 0.15) is 12.5 Å². The van der Waals surface area contributed by atoms with Crippen LogP contribution in [0, 0.1) is 0 Å². The molecule has 2 atom stereocenters. The van der Waals surface area contributed by atoms with Gasteiger partial charge in [-0.05, 0) is 19.1 Å². The minimum atomic E-state index is -1.31. The van der Waals surface area contributed by atoms with Crippen LogP contribution < -0.4 is 0 Å². The summed E-state index contributed by atoms with van der Waals surface area (Å²) >= 11 is 5.73. The van der Waals surface area contributed by atoms with Crippen molar-refractivity contribution in [2.75, 3.05) is 6.54 Å². The van der Waals surface area contributed by atoms with Crippen LogP contribution in [0.5, 0.6) is 0 Å². The van der Waals surface area contributed by atoms with Crippen molar-refractivity contribution in [2.24, 2.45) is 0 Å². The predicted octanol–water partition coefficient (Wildman–Crippen LogP) is 1.84. The zero-order valence-electron chi connectivity index (χ0n) is 8.11. The summed E-state index contributed by atoms with van der Waals surface area (Å²) in [7, 11) is 0. The molecule has 1 aromatic carbocycles. The quantitative estimate of drug-likeness (QED) is 0.801. The fourth-order valence-corrected chi connectivity index (χ4v) is 1.69. The van der Waals surface area contributed by atoms with Gasteiger partial charge in [-0.3, -0.25) is 4.84 Å². The summed E-state index contributed by atoms with van der Waals surface area (Å²) in [6, 6.07) is 6.62. The van der Waals surface area contributed by atoms with E-state index in [2.05, 4.69) is 0 Å². The number of likely N-dealkylation sites (N-methyl/N-ethyl adjacent to an activating group) is 1. The molecule has 80 valence electrons. The highest BCUT2D eigenvalue weighted by Gasteiger charge is 2.62. The first-order chi connectivity index (χ1) is 7.11. The maximum atomic E-state index is 11.1. The number of carboxylic acids is 1. The van der Waals surface area contributed by atoms with Crippen molar-refractivity contribution in [2.45, 2.75) is 12.6 Å². The van der Waals surface area contributed by atoms with Gasteiger partial charge in [-0.2, -0.15) is 0 Å². The van der Waals surface area contributed by atoms with Crippen molar-refractivity contribution < 1.29 is 14.7 Å². The summed E-state index contributed by atoms with van der Waals surface area (Å²) in [6.07, 6.45) is 0. The van der Waals surface area contributed by atoms with Crippen molar-refractivity contribution in [3.63, 3.8) is 0 Å². The van der Waals surface area contributed by atoms with E-state index in [1.54, 1.807) is 24.3 Å². The van der Waals surface area contributed by atoms with E-state index in [0.29, 0.717) is 17.1 Å². The van der Waals surface area contributed by atoms with Gasteiger partial charge in [0.05, 0.1) is 0 Å². The fourth-order valence-electron chi connectivity index (χ4n) is 1.57. The normalized spacial score (nSPS) is 28.8. The minimum Gasteiger partial charge on any atom is -0.478 e. The first-order valence-electron chi connectivity index (χ1n) is 4.57. The van der Waals surface area contributed by atoms with Gasteiger partial charge in [0.15, 0.2) is 0 Å². The number of hydrogen-bond acceptors (Lipinski definition) is 3. The molecule has 4 nitrogen and oxygen atoms in total. The molecule has 0 radical (unpaired) electrons. The Balaban J connectivity index is 2.36. The third-order valence-electron chi connectivity index (χ3n) is 2.37. The largest absolute Gasteiger partial charge is 0.478 e. The smallest absolute Gasteiger partial charge is 0.360 e. The molecule has 0 spiro atoms. The first-order valence-corrected chi connectivity index (χ1v) is 4.95. The van der Waals surface area contributed by atoms with Gasteiger partial charge in [0.2, 0.25) is 0 Å². The Hall–Kier alpha value is -1.10. The van der Waals surface area contributed by atoms with Crippen LogP contribution in [-0.2, 0) is 15.4 Å². The zero-order valence-corrected chi connectivity index (χ0v) is 8.86. The first kappa shape index (κ1) is 10.4. The number of aliphatic carboxylic acids is 1. The van der Waals surface area contributed by atoms with Crippen molar-refractivity contribution in [3.8, 4) is 0 Å².